The number of nitrogens with zero attached hydrogens (tertiary/aromatic N) is 4. The van der Waals surface area contributed by atoms with Gasteiger partial charge in [0.25, 0.3) is 0 Å². The Kier molecular flexibility index (Phi) is 2.48. The fourth-order valence-corrected chi connectivity index (χ4v) is 2.20. The molecule has 1 saturated heterocycles. The maximum atomic E-state index is 4.60. The third-order valence-electron chi connectivity index (χ3n) is 3.34. The number of likely N-dealkylation sites (N-methyl/N-ethyl adjacent to an activating group) is 1. The van der Waals surface area contributed by atoms with Gasteiger partial charge in [0.2, 0.25) is 5.95 Å². The molecule has 0 aliphatic carbocycles. The maximum absolute atomic E-state index is 4.60. The Balaban J connectivity index is 2.01. The zero-order valence-electron chi connectivity index (χ0n) is 10.2. The van der Waals surface area contributed by atoms with Crippen LogP contribution in [0.3, 0.4) is 0 Å². The van der Waals surface area contributed by atoms with E-state index in [1.807, 2.05) is 29.6 Å². The van der Waals surface area contributed by atoms with Crippen molar-refractivity contribution in [2.24, 2.45) is 0 Å². The summed E-state index contributed by atoms with van der Waals surface area (Å²) in [4.78, 5) is 6.86. The standard InChI is InChI=1S/C12H17N5/c1-3-16(10-7-13-8-10)12-14-11-6-4-5-9(2)17(11)15-12/h4-6,10,13H,3,7-8H2,1-2H3. The van der Waals surface area contributed by atoms with Gasteiger partial charge in [-0.1, -0.05) is 6.07 Å². The summed E-state index contributed by atoms with van der Waals surface area (Å²) in [6, 6.07) is 6.60. The molecule has 0 amide bonds. The van der Waals surface area contributed by atoms with Crippen LogP contribution < -0.4 is 10.2 Å². The second-order valence-corrected chi connectivity index (χ2v) is 4.45. The first kappa shape index (κ1) is 10.5. The van der Waals surface area contributed by atoms with E-state index in [0.717, 1.165) is 36.9 Å². The second-order valence-electron chi connectivity index (χ2n) is 4.45. The number of hydrogen-bond acceptors (Lipinski definition) is 4. The number of pyridine rings is 1. The summed E-state index contributed by atoms with van der Waals surface area (Å²) in [6.07, 6.45) is 0. The molecule has 0 atom stereocenters. The highest BCUT2D eigenvalue weighted by Gasteiger charge is 2.26. The summed E-state index contributed by atoms with van der Waals surface area (Å²) in [5, 5.41) is 7.88. The molecular weight excluding hydrogens is 214 g/mol. The summed E-state index contributed by atoms with van der Waals surface area (Å²) in [5.74, 6) is 0.841. The minimum absolute atomic E-state index is 0.540. The molecule has 0 aromatic carbocycles. The van der Waals surface area contributed by atoms with Crippen LogP contribution in [0.15, 0.2) is 18.2 Å². The van der Waals surface area contributed by atoms with Crippen LogP contribution in [-0.2, 0) is 0 Å². The topological polar surface area (TPSA) is 45.5 Å². The summed E-state index contributed by atoms with van der Waals surface area (Å²) in [7, 11) is 0. The predicted octanol–water partition coefficient (Wildman–Crippen LogP) is 0.836. The van der Waals surface area contributed by atoms with Crippen molar-refractivity contribution in [3.63, 3.8) is 0 Å². The fourth-order valence-electron chi connectivity index (χ4n) is 2.20. The SMILES string of the molecule is CCN(c1nc2cccc(C)n2n1)C1CNC1. The molecule has 1 aliphatic rings. The molecule has 2 aromatic rings. The average Bonchev–Trinajstić information content (AvgIpc) is 2.68. The first-order valence-electron chi connectivity index (χ1n) is 6.09. The van der Waals surface area contributed by atoms with E-state index in [4.69, 9.17) is 0 Å². The molecule has 0 spiro atoms. The lowest BCUT2D eigenvalue weighted by Crippen LogP contribution is -2.57. The minimum atomic E-state index is 0.540. The van der Waals surface area contributed by atoms with Crippen LogP contribution in [0, 0.1) is 6.92 Å². The molecule has 0 saturated carbocycles. The molecule has 1 aliphatic heterocycles. The summed E-state index contributed by atoms with van der Waals surface area (Å²) in [6.45, 7) is 7.20. The molecule has 2 aromatic heterocycles. The zero-order chi connectivity index (χ0) is 11.8. The summed E-state index contributed by atoms with van der Waals surface area (Å²) in [5.41, 5.74) is 2.04. The maximum Gasteiger partial charge on any atom is 0.246 e. The molecule has 17 heavy (non-hydrogen) atoms. The monoisotopic (exact) mass is 231 g/mol. The lowest BCUT2D eigenvalue weighted by Gasteiger charge is -2.36. The highest BCUT2D eigenvalue weighted by Crippen LogP contribution is 2.16. The Morgan fingerprint density at radius 1 is 1.47 bits per heavy atom. The van der Waals surface area contributed by atoms with Gasteiger partial charge >= 0.3 is 0 Å². The third kappa shape index (κ3) is 1.67. The van der Waals surface area contributed by atoms with E-state index in [9.17, 15) is 0 Å². The van der Waals surface area contributed by atoms with Gasteiger partial charge in [-0.3, -0.25) is 0 Å². The Morgan fingerprint density at radius 3 is 2.88 bits per heavy atom. The van der Waals surface area contributed by atoms with E-state index >= 15 is 0 Å². The van der Waals surface area contributed by atoms with Gasteiger partial charge in [0.1, 0.15) is 0 Å². The molecule has 0 unspecified atom stereocenters. The molecule has 1 fully saturated rings. The quantitative estimate of drug-likeness (QED) is 0.850. The van der Waals surface area contributed by atoms with Crippen molar-refractivity contribution in [2.45, 2.75) is 19.9 Å². The largest absolute Gasteiger partial charge is 0.334 e. The first-order chi connectivity index (χ1) is 8.29. The molecule has 0 radical (unpaired) electrons. The molecule has 0 bridgehead atoms. The third-order valence-corrected chi connectivity index (χ3v) is 3.34. The van der Waals surface area contributed by atoms with Crippen molar-refractivity contribution in [3.8, 4) is 0 Å². The van der Waals surface area contributed by atoms with Crippen molar-refractivity contribution in [3.05, 3.63) is 23.9 Å². The van der Waals surface area contributed by atoms with Gasteiger partial charge in [-0.2, -0.15) is 4.98 Å². The van der Waals surface area contributed by atoms with Gasteiger partial charge in [0.15, 0.2) is 5.65 Å². The van der Waals surface area contributed by atoms with Crippen LogP contribution in [0.5, 0.6) is 0 Å². The zero-order valence-corrected chi connectivity index (χ0v) is 10.2. The lowest BCUT2D eigenvalue weighted by atomic mass is 10.1. The summed E-state index contributed by atoms with van der Waals surface area (Å²) < 4.78 is 1.91. The number of nitrogens with one attached hydrogen (secondary N) is 1. The lowest BCUT2D eigenvalue weighted by molar-refractivity contribution is 0.413. The number of aryl methyl sites for hydroxylation is 1. The van der Waals surface area contributed by atoms with Gasteiger partial charge in [-0.05, 0) is 26.0 Å². The molecule has 5 nitrogen and oxygen atoms in total. The van der Waals surface area contributed by atoms with Gasteiger partial charge in [0.05, 0.1) is 6.04 Å². The highest BCUT2D eigenvalue weighted by molar-refractivity contribution is 5.46. The van der Waals surface area contributed by atoms with Gasteiger partial charge in [-0.25, -0.2) is 4.52 Å². The Hall–Kier alpha value is -1.62. The average molecular weight is 231 g/mol. The summed E-state index contributed by atoms with van der Waals surface area (Å²) >= 11 is 0. The molecule has 5 heteroatoms. The van der Waals surface area contributed by atoms with Crippen molar-refractivity contribution in [1.29, 1.82) is 0 Å². The van der Waals surface area contributed by atoms with Crippen LogP contribution in [0.2, 0.25) is 0 Å². The van der Waals surface area contributed by atoms with Gasteiger partial charge in [0, 0.05) is 25.3 Å². The smallest absolute Gasteiger partial charge is 0.246 e. The van der Waals surface area contributed by atoms with E-state index in [1.54, 1.807) is 0 Å². The molecule has 90 valence electrons. The van der Waals surface area contributed by atoms with Crippen LogP contribution in [0.1, 0.15) is 12.6 Å². The van der Waals surface area contributed by atoms with E-state index in [2.05, 4.69) is 27.2 Å². The second kappa shape index (κ2) is 4.00. The Bertz CT molecular complexity index is 529. The number of aromatic nitrogens is 3. The molecular formula is C12H17N5. The first-order valence-corrected chi connectivity index (χ1v) is 6.09. The normalized spacial score (nSPS) is 16.1. The van der Waals surface area contributed by atoms with Crippen molar-refractivity contribution >= 4 is 11.6 Å². The number of hydrogen-bond donors (Lipinski definition) is 1. The van der Waals surface area contributed by atoms with Crippen molar-refractivity contribution in [2.75, 3.05) is 24.5 Å². The van der Waals surface area contributed by atoms with E-state index < -0.39 is 0 Å². The van der Waals surface area contributed by atoms with Crippen LogP contribution in [0.25, 0.3) is 5.65 Å². The van der Waals surface area contributed by atoms with Gasteiger partial charge < -0.3 is 10.2 Å². The van der Waals surface area contributed by atoms with Crippen LogP contribution >= 0.6 is 0 Å². The molecule has 3 heterocycles. The number of anilines is 1. The van der Waals surface area contributed by atoms with Crippen molar-refractivity contribution in [1.82, 2.24) is 19.9 Å². The van der Waals surface area contributed by atoms with Gasteiger partial charge in [-0.15, -0.1) is 5.10 Å². The van der Waals surface area contributed by atoms with E-state index in [-0.39, 0.29) is 0 Å². The van der Waals surface area contributed by atoms with Crippen molar-refractivity contribution < 1.29 is 0 Å². The van der Waals surface area contributed by atoms with Crippen LogP contribution in [-0.4, -0.2) is 40.3 Å². The molecule has 3 rings (SSSR count). The van der Waals surface area contributed by atoms with E-state index in [0.29, 0.717) is 6.04 Å². The Morgan fingerprint density at radius 2 is 2.29 bits per heavy atom. The highest BCUT2D eigenvalue weighted by atomic mass is 15.4. The fraction of sp³-hybridized carbons (Fsp3) is 0.500. The van der Waals surface area contributed by atoms with E-state index in [1.165, 1.54) is 0 Å². The predicted molar refractivity (Wildman–Crippen MR) is 67.4 cm³/mol. The minimum Gasteiger partial charge on any atom is -0.334 e. The number of rotatable bonds is 3. The van der Waals surface area contributed by atoms with Crippen LogP contribution in [0.4, 0.5) is 5.95 Å². The Labute approximate surface area is 100 Å². The molecule has 1 N–H and O–H groups in total. The number of fused-ring (bicyclic) bond motifs is 1.